The zero-order chi connectivity index (χ0) is 23.3. The topological polar surface area (TPSA) is 44.8 Å². The molecule has 0 bridgehead atoms. The van der Waals surface area contributed by atoms with Crippen LogP contribution in [0.4, 0.5) is 17.1 Å². The lowest BCUT2D eigenvalue weighted by Crippen LogP contribution is -2.44. The van der Waals surface area contributed by atoms with Gasteiger partial charge >= 0.3 is 0 Å². The second-order valence-corrected chi connectivity index (χ2v) is 8.24. The van der Waals surface area contributed by atoms with Gasteiger partial charge in [0.2, 0.25) is 0 Å². The Morgan fingerprint density at radius 1 is 0.794 bits per heavy atom. The Balaban J connectivity index is 1.38. The predicted octanol–water partition coefficient (Wildman–Crippen LogP) is 6.10. The summed E-state index contributed by atoms with van der Waals surface area (Å²) in [6.07, 6.45) is -0.280. The van der Waals surface area contributed by atoms with Crippen molar-refractivity contribution in [1.29, 1.82) is 0 Å². The number of benzene rings is 4. The molecule has 170 valence electrons. The molecule has 1 heterocycles. The molecule has 4 aromatic rings. The third-order valence-corrected chi connectivity index (χ3v) is 6.11. The number of hydrogen-bond donors (Lipinski definition) is 1. The molecule has 1 atom stereocenters. The molecule has 1 N–H and O–H groups in total. The highest BCUT2D eigenvalue weighted by Crippen LogP contribution is 2.34. The summed E-state index contributed by atoms with van der Waals surface area (Å²) in [5.41, 5.74) is 4.75. The number of nitrogens with zero attached hydrogens (tertiary/aromatic N) is 2. The van der Waals surface area contributed by atoms with Crippen molar-refractivity contribution in [2.24, 2.45) is 0 Å². The summed E-state index contributed by atoms with van der Waals surface area (Å²) >= 11 is 0. The van der Waals surface area contributed by atoms with Crippen LogP contribution in [-0.2, 0) is 0 Å². The molecular formula is C29H27N3O2. The maximum atomic E-state index is 13.4. The van der Waals surface area contributed by atoms with Gasteiger partial charge in [0, 0.05) is 24.1 Å². The zero-order valence-corrected chi connectivity index (χ0v) is 19.1. The molecule has 34 heavy (non-hydrogen) atoms. The van der Waals surface area contributed by atoms with Crippen molar-refractivity contribution in [3.63, 3.8) is 0 Å². The van der Waals surface area contributed by atoms with E-state index in [-0.39, 0.29) is 12.1 Å². The van der Waals surface area contributed by atoms with Crippen molar-refractivity contribution in [3.8, 4) is 5.75 Å². The SMILES string of the molecule is CN(c1ccccc1)c1ccc([C@H]2Nc3ccccc3C(=O)N2CCOc2ccccc2)cc1. The fourth-order valence-corrected chi connectivity index (χ4v) is 4.25. The monoisotopic (exact) mass is 449 g/mol. The average Bonchev–Trinajstić information content (AvgIpc) is 2.91. The minimum absolute atomic E-state index is 0.00138. The lowest BCUT2D eigenvalue weighted by atomic mass is 10.0. The van der Waals surface area contributed by atoms with Crippen LogP contribution in [0.1, 0.15) is 22.1 Å². The van der Waals surface area contributed by atoms with Crippen molar-refractivity contribution < 1.29 is 9.53 Å². The number of para-hydroxylation sites is 3. The summed E-state index contributed by atoms with van der Waals surface area (Å²) < 4.78 is 5.90. The van der Waals surface area contributed by atoms with Crippen molar-refractivity contribution in [2.75, 3.05) is 30.4 Å². The van der Waals surface area contributed by atoms with Gasteiger partial charge in [-0.1, -0.05) is 60.7 Å². The number of ether oxygens (including phenoxy) is 1. The highest BCUT2D eigenvalue weighted by atomic mass is 16.5. The molecule has 1 amide bonds. The molecule has 5 nitrogen and oxygen atoms in total. The van der Waals surface area contributed by atoms with Crippen LogP contribution in [0, 0.1) is 0 Å². The summed E-state index contributed by atoms with van der Waals surface area (Å²) in [6.45, 7) is 0.871. The van der Waals surface area contributed by atoms with E-state index in [0.29, 0.717) is 18.7 Å². The minimum atomic E-state index is -0.280. The molecule has 0 aromatic heterocycles. The molecule has 1 aliphatic heterocycles. The van der Waals surface area contributed by atoms with Gasteiger partial charge in [0.1, 0.15) is 18.5 Å². The molecule has 0 saturated carbocycles. The number of rotatable bonds is 7. The predicted molar refractivity (Wildman–Crippen MR) is 137 cm³/mol. The number of fused-ring (bicyclic) bond motifs is 1. The van der Waals surface area contributed by atoms with Gasteiger partial charge in [0.25, 0.3) is 5.91 Å². The van der Waals surface area contributed by atoms with E-state index in [1.54, 1.807) is 0 Å². The van der Waals surface area contributed by atoms with Crippen LogP contribution in [0.15, 0.2) is 109 Å². The van der Waals surface area contributed by atoms with Crippen LogP contribution in [0.3, 0.4) is 0 Å². The van der Waals surface area contributed by atoms with E-state index in [4.69, 9.17) is 4.74 Å². The number of hydrogen-bond acceptors (Lipinski definition) is 4. The number of anilines is 3. The Labute approximate surface area is 200 Å². The van der Waals surface area contributed by atoms with Crippen molar-refractivity contribution >= 4 is 23.0 Å². The molecule has 5 rings (SSSR count). The first-order chi connectivity index (χ1) is 16.7. The maximum absolute atomic E-state index is 13.4. The quantitative estimate of drug-likeness (QED) is 0.370. The summed E-state index contributed by atoms with van der Waals surface area (Å²) in [7, 11) is 2.05. The first-order valence-electron chi connectivity index (χ1n) is 11.4. The second kappa shape index (κ2) is 9.71. The van der Waals surface area contributed by atoms with Gasteiger partial charge in [-0.05, 0) is 54.1 Å². The number of nitrogens with one attached hydrogen (secondary N) is 1. The molecule has 0 unspecified atom stereocenters. The third-order valence-electron chi connectivity index (χ3n) is 6.11. The van der Waals surface area contributed by atoms with Gasteiger partial charge in [-0.3, -0.25) is 4.79 Å². The molecule has 0 spiro atoms. The van der Waals surface area contributed by atoms with E-state index in [1.807, 2.05) is 77.7 Å². The van der Waals surface area contributed by atoms with E-state index < -0.39 is 0 Å². The normalized spacial score (nSPS) is 14.8. The smallest absolute Gasteiger partial charge is 0.257 e. The molecule has 5 heteroatoms. The van der Waals surface area contributed by atoms with Crippen LogP contribution < -0.4 is 15.0 Å². The van der Waals surface area contributed by atoms with Gasteiger partial charge in [-0.15, -0.1) is 0 Å². The molecule has 0 fully saturated rings. The molecule has 0 aliphatic carbocycles. The van der Waals surface area contributed by atoms with E-state index in [1.165, 1.54) is 0 Å². The Bertz CT molecular complexity index is 1240. The Morgan fingerprint density at radius 3 is 2.15 bits per heavy atom. The van der Waals surface area contributed by atoms with Crippen LogP contribution in [0.5, 0.6) is 5.75 Å². The Hall–Kier alpha value is -4.25. The molecular weight excluding hydrogens is 422 g/mol. The zero-order valence-electron chi connectivity index (χ0n) is 19.1. The first-order valence-corrected chi connectivity index (χ1v) is 11.4. The highest BCUT2D eigenvalue weighted by molar-refractivity contribution is 6.01. The highest BCUT2D eigenvalue weighted by Gasteiger charge is 2.32. The van der Waals surface area contributed by atoms with Crippen LogP contribution in [0.2, 0.25) is 0 Å². The van der Waals surface area contributed by atoms with Crippen LogP contribution in [0.25, 0.3) is 0 Å². The summed E-state index contributed by atoms with van der Waals surface area (Å²) in [5, 5.41) is 3.56. The fourth-order valence-electron chi connectivity index (χ4n) is 4.25. The number of amides is 1. The van der Waals surface area contributed by atoms with E-state index in [9.17, 15) is 4.79 Å². The standard InChI is InChI=1S/C29H27N3O2/c1-31(23-10-4-2-5-11-23)24-18-16-22(17-19-24)28-30-27-15-9-8-14-26(27)29(33)32(28)20-21-34-25-12-6-3-7-13-25/h2-19,28,30H,20-21H2,1H3/t28-/m0/s1. The van der Waals surface area contributed by atoms with Crippen molar-refractivity contribution in [2.45, 2.75) is 6.17 Å². The second-order valence-electron chi connectivity index (χ2n) is 8.24. The molecule has 4 aromatic carbocycles. The molecule has 0 saturated heterocycles. The van der Waals surface area contributed by atoms with Crippen LogP contribution in [-0.4, -0.2) is 31.0 Å². The van der Waals surface area contributed by atoms with Gasteiger partial charge in [0.15, 0.2) is 0 Å². The van der Waals surface area contributed by atoms with Crippen LogP contribution >= 0.6 is 0 Å². The van der Waals surface area contributed by atoms with Gasteiger partial charge in [-0.25, -0.2) is 0 Å². The Morgan fingerprint density at radius 2 is 1.41 bits per heavy atom. The van der Waals surface area contributed by atoms with E-state index >= 15 is 0 Å². The van der Waals surface area contributed by atoms with E-state index in [0.717, 1.165) is 28.4 Å². The minimum Gasteiger partial charge on any atom is -0.492 e. The third kappa shape index (κ3) is 4.46. The Kier molecular flexibility index (Phi) is 6.17. The first kappa shape index (κ1) is 21.6. The summed E-state index contributed by atoms with van der Waals surface area (Å²) in [5.74, 6) is 0.798. The van der Waals surface area contributed by atoms with Crippen molar-refractivity contribution in [3.05, 3.63) is 120 Å². The van der Waals surface area contributed by atoms with Gasteiger partial charge in [0.05, 0.1) is 12.1 Å². The fraction of sp³-hybridized carbons (Fsp3) is 0.138. The number of carbonyl (C=O) groups excluding carboxylic acids is 1. The molecule has 0 radical (unpaired) electrons. The largest absolute Gasteiger partial charge is 0.492 e. The summed E-state index contributed by atoms with van der Waals surface area (Å²) in [6, 6.07) is 35.9. The van der Waals surface area contributed by atoms with Gasteiger partial charge in [-0.2, -0.15) is 0 Å². The van der Waals surface area contributed by atoms with Crippen molar-refractivity contribution in [1.82, 2.24) is 4.90 Å². The summed E-state index contributed by atoms with van der Waals surface area (Å²) in [4.78, 5) is 17.4. The lowest BCUT2D eigenvalue weighted by molar-refractivity contribution is 0.0651. The molecule has 1 aliphatic rings. The maximum Gasteiger partial charge on any atom is 0.257 e. The lowest BCUT2D eigenvalue weighted by Gasteiger charge is -2.38. The van der Waals surface area contributed by atoms with E-state index in [2.05, 4.69) is 53.7 Å². The number of carbonyl (C=O) groups is 1. The van der Waals surface area contributed by atoms with Gasteiger partial charge < -0.3 is 19.9 Å². The average molecular weight is 450 g/mol.